The Morgan fingerprint density at radius 3 is 2.90 bits per heavy atom. The van der Waals surface area contributed by atoms with Crippen LogP contribution in [0.15, 0.2) is 18.2 Å². The summed E-state index contributed by atoms with van der Waals surface area (Å²) in [6.07, 6.45) is 0.345. The van der Waals surface area contributed by atoms with Crippen LogP contribution in [0.4, 0.5) is 11.4 Å². The van der Waals surface area contributed by atoms with Crippen molar-refractivity contribution in [2.45, 2.75) is 20.3 Å². The van der Waals surface area contributed by atoms with E-state index in [0.717, 1.165) is 6.54 Å². The van der Waals surface area contributed by atoms with Crippen molar-refractivity contribution in [3.63, 3.8) is 0 Å². The van der Waals surface area contributed by atoms with E-state index in [9.17, 15) is 4.79 Å². The fourth-order valence-electron chi connectivity index (χ4n) is 1.92. The quantitative estimate of drug-likeness (QED) is 0.759. The molecule has 1 aromatic rings. The van der Waals surface area contributed by atoms with Gasteiger partial charge in [0.1, 0.15) is 0 Å². The topological polar surface area (TPSA) is 82.2 Å². The molecule has 0 aromatic heterocycles. The third-order valence-electron chi connectivity index (χ3n) is 3.14. The molecule has 3 N–H and O–H groups in total. The number of nitrogens with one attached hydrogen (secondary N) is 1. The van der Waals surface area contributed by atoms with Crippen molar-refractivity contribution in [3.05, 3.63) is 23.2 Å². The predicted molar refractivity (Wildman–Crippen MR) is 86.0 cm³/mol. The van der Waals surface area contributed by atoms with Crippen molar-refractivity contribution < 1.29 is 4.79 Å². The highest BCUT2D eigenvalue weighted by Crippen LogP contribution is 2.22. The summed E-state index contributed by atoms with van der Waals surface area (Å²) < 4.78 is 0. The Morgan fingerprint density at radius 1 is 1.57 bits per heavy atom. The number of anilines is 2. The Balaban J connectivity index is 2.50. The second kappa shape index (κ2) is 8.50. The van der Waals surface area contributed by atoms with Gasteiger partial charge in [0, 0.05) is 24.5 Å². The third-order valence-corrected chi connectivity index (χ3v) is 3.38. The molecule has 0 bridgehead atoms. The number of halogens is 1. The number of nitrogens with two attached hydrogens (primary N) is 1. The molecular formula is C15H21ClN4O. The first kappa shape index (κ1) is 17.3. The monoisotopic (exact) mass is 308 g/mol. The molecular weight excluding hydrogens is 288 g/mol. The molecule has 1 amide bonds. The Kier molecular flexibility index (Phi) is 7.00. The minimum absolute atomic E-state index is 0.0448. The lowest BCUT2D eigenvalue weighted by molar-refractivity contribution is -0.116. The molecule has 1 unspecified atom stereocenters. The molecule has 0 radical (unpaired) electrons. The second-order valence-electron chi connectivity index (χ2n) is 4.95. The second-order valence-corrected chi connectivity index (χ2v) is 5.39. The first-order valence-corrected chi connectivity index (χ1v) is 7.31. The summed E-state index contributed by atoms with van der Waals surface area (Å²) in [5, 5.41) is 12.1. The standard InChI is InChI=1S/C15H21ClN4O/c1-3-20(10-11(2)9-17)7-6-15(21)19-14-8-12(16)4-5-13(14)18/h4-5,8,11H,3,6-7,10,18H2,1-2H3,(H,19,21). The van der Waals surface area contributed by atoms with Gasteiger partial charge < -0.3 is 16.0 Å². The summed E-state index contributed by atoms with van der Waals surface area (Å²) in [5.41, 5.74) is 6.80. The number of hydrogen-bond donors (Lipinski definition) is 2. The van der Waals surface area contributed by atoms with Gasteiger partial charge in [0.15, 0.2) is 0 Å². The van der Waals surface area contributed by atoms with Crippen LogP contribution in [0.5, 0.6) is 0 Å². The minimum atomic E-state index is -0.118. The van der Waals surface area contributed by atoms with Crippen LogP contribution in [0, 0.1) is 17.2 Å². The van der Waals surface area contributed by atoms with Gasteiger partial charge in [0.05, 0.1) is 23.4 Å². The van der Waals surface area contributed by atoms with Gasteiger partial charge in [-0.25, -0.2) is 0 Å². The maximum atomic E-state index is 12.0. The number of benzene rings is 1. The average molecular weight is 309 g/mol. The van der Waals surface area contributed by atoms with Crippen molar-refractivity contribution in [1.29, 1.82) is 5.26 Å². The molecule has 0 saturated carbocycles. The molecule has 1 rings (SSSR count). The lowest BCUT2D eigenvalue weighted by atomic mass is 10.2. The molecule has 1 atom stereocenters. The fourth-order valence-corrected chi connectivity index (χ4v) is 2.09. The Morgan fingerprint density at radius 2 is 2.29 bits per heavy atom. The molecule has 0 spiro atoms. The molecule has 1 aromatic carbocycles. The number of nitriles is 1. The van der Waals surface area contributed by atoms with Crippen LogP contribution in [-0.2, 0) is 4.79 Å². The summed E-state index contributed by atoms with van der Waals surface area (Å²) in [5.74, 6) is -0.163. The highest BCUT2D eigenvalue weighted by Gasteiger charge is 2.11. The molecule has 114 valence electrons. The van der Waals surface area contributed by atoms with Gasteiger partial charge in [0.2, 0.25) is 5.91 Å². The molecule has 5 nitrogen and oxygen atoms in total. The molecule has 0 aliphatic heterocycles. The molecule has 0 heterocycles. The number of amides is 1. The first-order chi connectivity index (χ1) is 9.96. The normalized spacial score (nSPS) is 12.0. The largest absolute Gasteiger partial charge is 0.397 e. The SMILES string of the molecule is CCN(CCC(=O)Nc1cc(Cl)ccc1N)CC(C)C#N. The lowest BCUT2D eigenvalue weighted by Gasteiger charge is -2.21. The smallest absolute Gasteiger partial charge is 0.225 e. The van der Waals surface area contributed by atoms with Crippen LogP contribution < -0.4 is 11.1 Å². The molecule has 0 aliphatic rings. The molecule has 0 saturated heterocycles. The van der Waals surface area contributed by atoms with Crippen molar-refractivity contribution in [1.82, 2.24) is 4.90 Å². The summed E-state index contributed by atoms with van der Waals surface area (Å²) in [7, 11) is 0. The highest BCUT2D eigenvalue weighted by molar-refractivity contribution is 6.31. The maximum absolute atomic E-state index is 12.0. The highest BCUT2D eigenvalue weighted by atomic mass is 35.5. The first-order valence-electron chi connectivity index (χ1n) is 6.93. The van der Waals surface area contributed by atoms with Crippen LogP contribution in [-0.4, -0.2) is 30.4 Å². The van der Waals surface area contributed by atoms with Gasteiger partial charge >= 0.3 is 0 Å². The number of carbonyl (C=O) groups is 1. The van der Waals surface area contributed by atoms with E-state index in [1.165, 1.54) is 0 Å². The molecule has 21 heavy (non-hydrogen) atoms. The Labute approximate surface area is 130 Å². The van der Waals surface area contributed by atoms with Crippen molar-refractivity contribution in [2.75, 3.05) is 30.7 Å². The van der Waals surface area contributed by atoms with E-state index in [-0.39, 0.29) is 11.8 Å². The lowest BCUT2D eigenvalue weighted by Crippen LogP contribution is -2.31. The van der Waals surface area contributed by atoms with Crippen LogP contribution in [0.25, 0.3) is 0 Å². The zero-order valence-corrected chi connectivity index (χ0v) is 13.2. The Hall–Kier alpha value is -1.77. The van der Waals surface area contributed by atoms with Gasteiger partial charge in [-0.3, -0.25) is 4.79 Å². The van der Waals surface area contributed by atoms with E-state index in [0.29, 0.717) is 35.9 Å². The number of carbonyl (C=O) groups excluding carboxylic acids is 1. The van der Waals surface area contributed by atoms with E-state index in [1.54, 1.807) is 18.2 Å². The number of hydrogen-bond acceptors (Lipinski definition) is 4. The summed E-state index contributed by atoms with van der Waals surface area (Å²) in [4.78, 5) is 14.0. The van der Waals surface area contributed by atoms with Crippen LogP contribution in [0.3, 0.4) is 0 Å². The van der Waals surface area contributed by atoms with Gasteiger partial charge in [0.25, 0.3) is 0 Å². The predicted octanol–water partition coefficient (Wildman–Crippen LogP) is 2.73. The number of rotatable bonds is 7. The van der Waals surface area contributed by atoms with Gasteiger partial charge in [-0.2, -0.15) is 5.26 Å². The van der Waals surface area contributed by atoms with E-state index >= 15 is 0 Å². The van der Waals surface area contributed by atoms with Crippen molar-refractivity contribution in [2.24, 2.45) is 5.92 Å². The average Bonchev–Trinajstić information content (AvgIpc) is 2.46. The fraction of sp³-hybridized carbons (Fsp3) is 0.467. The van der Waals surface area contributed by atoms with Gasteiger partial charge in [-0.15, -0.1) is 0 Å². The van der Waals surface area contributed by atoms with Gasteiger partial charge in [-0.05, 0) is 31.7 Å². The summed E-state index contributed by atoms with van der Waals surface area (Å²) >= 11 is 5.88. The zero-order valence-electron chi connectivity index (χ0n) is 12.4. The van der Waals surface area contributed by atoms with Crippen molar-refractivity contribution >= 4 is 28.9 Å². The Bertz CT molecular complexity index is 527. The number of nitrogen functional groups attached to an aromatic ring is 1. The minimum Gasteiger partial charge on any atom is -0.397 e. The van der Waals surface area contributed by atoms with E-state index in [2.05, 4.69) is 16.3 Å². The van der Waals surface area contributed by atoms with Crippen molar-refractivity contribution in [3.8, 4) is 6.07 Å². The van der Waals surface area contributed by atoms with Gasteiger partial charge in [-0.1, -0.05) is 18.5 Å². The molecule has 6 heteroatoms. The van der Waals surface area contributed by atoms with E-state index in [1.807, 2.05) is 13.8 Å². The van der Waals surface area contributed by atoms with Crippen LogP contribution >= 0.6 is 11.6 Å². The maximum Gasteiger partial charge on any atom is 0.225 e. The molecule has 0 aliphatic carbocycles. The van der Waals surface area contributed by atoms with E-state index < -0.39 is 0 Å². The zero-order chi connectivity index (χ0) is 15.8. The van der Waals surface area contributed by atoms with Crippen LogP contribution in [0.1, 0.15) is 20.3 Å². The number of nitrogens with zero attached hydrogens (tertiary/aromatic N) is 2. The van der Waals surface area contributed by atoms with Crippen LogP contribution in [0.2, 0.25) is 5.02 Å². The summed E-state index contributed by atoms with van der Waals surface area (Å²) in [6.45, 7) is 5.96. The molecule has 0 fully saturated rings. The summed E-state index contributed by atoms with van der Waals surface area (Å²) in [6, 6.07) is 7.16. The van der Waals surface area contributed by atoms with E-state index in [4.69, 9.17) is 22.6 Å². The third kappa shape index (κ3) is 6.03.